The summed E-state index contributed by atoms with van der Waals surface area (Å²) >= 11 is 0. The molecule has 0 aromatic heterocycles. The molecule has 0 fully saturated rings. The highest BCUT2D eigenvalue weighted by molar-refractivity contribution is 5.81. The lowest BCUT2D eigenvalue weighted by Crippen LogP contribution is -2.49. The molecular weight excluding hydrogens is 286 g/mol. The van der Waals surface area contributed by atoms with Crippen LogP contribution in [0, 0.1) is 6.92 Å². The van der Waals surface area contributed by atoms with E-state index >= 15 is 0 Å². The van der Waals surface area contributed by atoms with Crippen LogP contribution in [0.15, 0.2) is 54.6 Å². The van der Waals surface area contributed by atoms with E-state index in [0.29, 0.717) is 0 Å². The van der Waals surface area contributed by atoms with Gasteiger partial charge in [-0.2, -0.15) is 0 Å². The molecule has 0 unspecified atom stereocenters. The van der Waals surface area contributed by atoms with Gasteiger partial charge in [-0.05, 0) is 51.3 Å². The zero-order valence-electron chi connectivity index (χ0n) is 14.3. The first-order valence-electron chi connectivity index (χ1n) is 7.96. The predicted octanol–water partition coefficient (Wildman–Crippen LogP) is 3.90. The molecule has 3 heteroatoms. The Morgan fingerprint density at radius 3 is 2.35 bits per heavy atom. The molecule has 0 spiro atoms. The minimum atomic E-state index is -0.536. The number of carbonyl (C=O) groups is 1. The van der Waals surface area contributed by atoms with Crippen molar-refractivity contribution in [1.82, 2.24) is 5.32 Å². The zero-order chi connectivity index (χ0) is 16.9. The van der Waals surface area contributed by atoms with Crippen LogP contribution in [0.5, 0.6) is 5.75 Å². The van der Waals surface area contributed by atoms with Gasteiger partial charge < -0.3 is 10.1 Å². The standard InChI is InChI=1S/C20H25NO2/c1-15-10-8-9-13-18(15)23-16(2)19(22)21-20(3,4)14-17-11-6-5-7-12-17/h5-13,16H,14H2,1-4H3,(H,21,22)/t16-/m1/s1. The Morgan fingerprint density at radius 2 is 1.70 bits per heavy atom. The monoisotopic (exact) mass is 311 g/mol. The van der Waals surface area contributed by atoms with Crippen molar-refractivity contribution in [3.05, 3.63) is 65.7 Å². The van der Waals surface area contributed by atoms with Crippen LogP contribution in [0.3, 0.4) is 0 Å². The molecule has 0 aliphatic heterocycles. The predicted molar refractivity (Wildman–Crippen MR) is 93.6 cm³/mol. The third kappa shape index (κ3) is 5.13. The summed E-state index contributed by atoms with van der Waals surface area (Å²) in [6.07, 6.45) is 0.238. The van der Waals surface area contributed by atoms with Crippen molar-refractivity contribution in [2.24, 2.45) is 0 Å². The number of rotatable bonds is 6. The van der Waals surface area contributed by atoms with Crippen LogP contribution < -0.4 is 10.1 Å². The SMILES string of the molecule is Cc1ccccc1O[C@H](C)C(=O)NC(C)(C)Cc1ccccc1. The summed E-state index contributed by atoms with van der Waals surface area (Å²) in [5.74, 6) is 0.644. The van der Waals surface area contributed by atoms with Crippen LogP contribution in [0.25, 0.3) is 0 Å². The number of carbonyl (C=O) groups excluding carboxylic acids is 1. The van der Waals surface area contributed by atoms with Crippen LogP contribution >= 0.6 is 0 Å². The Kier molecular flexibility index (Phi) is 5.43. The van der Waals surface area contributed by atoms with Gasteiger partial charge in [-0.1, -0.05) is 48.5 Å². The van der Waals surface area contributed by atoms with E-state index in [4.69, 9.17) is 4.74 Å². The number of nitrogens with one attached hydrogen (secondary N) is 1. The number of ether oxygens (including phenoxy) is 1. The molecule has 0 radical (unpaired) electrons. The topological polar surface area (TPSA) is 38.3 Å². The fourth-order valence-electron chi connectivity index (χ4n) is 2.52. The Hall–Kier alpha value is -2.29. The van der Waals surface area contributed by atoms with Gasteiger partial charge in [-0.25, -0.2) is 0 Å². The largest absolute Gasteiger partial charge is 0.481 e. The molecule has 0 aliphatic carbocycles. The van der Waals surface area contributed by atoms with Gasteiger partial charge in [0.05, 0.1) is 0 Å². The first kappa shape index (κ1) is 17.1. The van der Waals surface area contributed by atoms with Crippen molar-refractivity contribution in [2.45, 2.75) is 45.8 Å². The number of amides is 1. The number of hydrogen-bond donors (Lipinski definition) is 1. The molecular formula is C20H25NO2. The van der Waals surface area contributed by atoms with Crippen LogP contribution in [0.2, 0.25) is 0 Å². The van der Waals surface area contributed by atoms with E-state index in [0.717, 1.165) is 17.7 Å². The van der Waals surface area contributed by atoms with E-state index in [1.807, 2.05) is 63.2 Å². The van der Waals surface area contributed by atoms with Gasteiger partial charge in [-0.3, -0.25) is 4.79 Å². The minimum absolute atomic E-state index is 0.103. The van der Waals surface area contributed by atoms with Gasteiger partial charge in [0, 0.05) is 5.54 Å². The summed E-state index contributed by atoms with van der Waals surface area (Å²) < 4.78 is 5.79. The molecule has 2 aromatic rings. The maximum atomic E-state index is 12.4. The zero-order valence-corrected chi connectivity index (χ0v) is 14.3. The molecule has 0 saturated carbocycles. The van der Waals surface area contributed by atoms with Gasteiger partial charge in [-0.15, -0.1) is 0 Å². The quantitative estimate of drug-likeness (QED) is 0.878. The molecule has 2 aromatic carbocycles. The molecule has 1 N–H and O–H groups in total. The molecule has 1 amide bonds. The van der Waals surface area contributed by atoms with Gasteiger partial charge in [0.1, 0.15) is 5.75 Å². The first-order chi connectivity index (χ1) is 10.9. The van der Waals surface area contributed by atoms with E-state index in [1.165, 1.54) is 5.56 Å². The number of aryl methyl sites for hydroxylation is 1. The van der Waals surface area contributed by atoms with Gasteiger partial charge in [0.15, 0.2) is 6.10 Å². The second-order valence-corrected chi connectivity index (χ2v) is 6.56. The van der Waals surface area contributed by atoms with Crippen LogP contribution in [-0.4, -0.2) is 17.6 Å². The lowest BCUT2D eigenvalue weighted by Gasteiger charge is -2.28. The van der Waals surface area contributed by atoms with Crippen molar-refractivity contribution < 1.29 is 9.53 Å². The van der Waals surface area contributed by atoms with Gasteiger partial charge >= 0.3 is 0 Å². The summed E-state index contributed by atoms with van der Waals surface area (Å²) in [6.45, 7) is 7.80. The summed E-state index contributed by atoms with van der Waals surface area (Å²) in [4.78, 5) is 12.4. The van der Waals surface area contributed by atoms with Crippen LogP contribution in [-0.2, 0) is 11.2 Å². The van der Waals surface area contributed by atoms with E-state index in [2.05, 4.69) is 17.4 Å². The molecule has 1 atom stereocenters. The van der Waals surface area contributed by atoms with Crippen molar-refractivity contribution in [3.63, 3.8) is 0 Å². The van der Waals surface area contributed by atoms with Crippen molar-refractivity contribution in [3.8, 4) is 5.75 Å². The summed E-state index contributed by atoms with van der Waals surface area (Å²) in [5.41, 5.74) is 1.89. The molecule has 122 valence electrons. The fraction of sp³-hybridized carbons (Fsp3) is 0.350. The van der Waals surface area contributed by atoms with Gasteiger partial charge in [0.25, 0.3) is 5.91 Å². The number of para-hydroxylation sites is 1. The average molecular weight is 311 g/mol. The third-order valence-corrected chi connectivity index (χ3v) is 3.72. The summed E-state index contributed by atoms with van der Waals surface area (Å²) in [6, 6.07) is 17.9. The van der Waals surface area contributed by atoms with E-state index < -0.39 is 6.10 Å². The molecule has 23 heavy (non-hydrogen) atoms. The van der Waals surface area contributed by atoms with E-state index in [9.17, 15) is 4.79 Å². The maximum Gasteiger partial charge on any atom is 0.261 e. The fourth-order valence-corrected chi connectivity index (χ4v) is 2.52. The Bertz CT molecular complexity index is 650. The molecule has 0 aliphatic rings. The maximum absolute atomic E-state index is 12.4. The summed E-state index contributed by atoms with van der Waals surface area (Å²) in [7, 11) is 0. The smallest absolute Gasteiger partial charge is 0.261 e. The second-order valence-electron chi connectivity index (χ2n) is 6.56. The Morgan fingerprint density at radius 1 is 1.09 bits per heavy atom. The molecule has 0 bridgehead atoms. The Balaban J connectivity index is 1.96. The van der Waals surface area contributed by atoms with Crippen molar-refractivity contribution >= 4 is 5.91 Å². The van der Waals surface area contributed by atoms with E-state index in [1.54, 1.807) is 6.92 Å². The van der Waals surface area contributed by atoms with Crippen molar-refractivity contribution in [1.29, 1.82) is 0 Å². The summed E-state index contributed by atoms with van der Waals surface area (Å²) in [5, 5.41) is 3.08. The van der Waals surface area contributed by atoms with E-state index in [-0.39, 0.29) is 11.4 Å². The van der Waals surface area contributed by atoms with Gasteiger partial charge in [0.2, 0.25) is 0 Å². The molecule has 2 rings (SSSR count). The third-order valence-electron chi connectivity index (χ3n) is 3.72. The lowest BCUT2D eigenvalue weighted by atomic mass is 9.94. The highest BCUT2D eigenvalue weighted by Gasteiger charge is 2.25. The lowest BCUT2D eigenvalue weighted by molar-refractivity contribution is -0.128. The molecule has 0 saturated heterocycles. The average Bonchev–Trinajstić information content (AvgIpc) is 2.49. The highest BCUT2D eigenvalue weighted by Crippen LogP contribution is 2.18. The first-order valence-corrected chi connectivity index (χ1v) is 7.96. The normalized spacial score (nSPS) is 12.5. The Labute approximate surface area is 138 Å². The van der Waals surface area contributed by atoms with Crippen LogP contribution in [0.4, 0.5) is 0 Å². The minimum Gasteiger partial charge on any atom is -0.481 e. The second kappa shape index (κ2) is 7.32. The van der Waals surface area contributed by atoms with Crippen LogP contribution in [0.1, 0.15) is 31.9 Å². The van der Waals surface area contributed by atoms with Crippen molar-refractivity contribution in [2.75, 3.05) is 0 Å². The molecule has 0 heterocycles. The number of hydrogen-bond acceptors (Lipinski definition) is 2. The number of benzene rings is 2. The molecule has 3 nitrogen and oxygen atoms in total. The highest BCUT2D eigenvalue weighted by atomic mass is 16.5.